The van der Waals surface area contributed by atoms with Crippen molar-refractivity contribution in [3.63, 3.8) is 0 Å². The zero-order valence-electron chi connectivity index (χ0n) is 7.88. The van der Waals surface area contributed by atoms with Crippen molar-refractivity contribution in [2.24, 2.45) is 0 Å². The number of nitrogens with one attached hydrogen (secondary N) is 1. The maximum atomic E-state index is 11.9. The van der Waals surface area contributed by atoms with Crippen LogP contribution in [0, 0.1) is 6.92 Å². The fourth-order valence-corrected chi connectivity index (χ4v) is 1.08. The molecule has 0 unspecified atom stereocenters. The number of rotatable bonds is 2. The SMILES string of the molecule is Cc1c(C(=O)O)c(OC(F)(F)F)c[nH]c1=O. The lowest BCUT2D eigenvalue weighted by Crippen LogP contribution is -2.22. The molecule has 1 aromatic heterocycles. The van der Waals surface area contributed by atoms with E-state index in [1.54, 1.807) is 0 Å². The predicted molar refractivity (Wildman–Crippen MR) is 45.4 cm³/mol. The summed E-state index contributed by atoms with van der Waals surface area (Å²) in [5.41, 5.74) is -1.94. The smallest absolute Gasteiger partial charge is 0.478 e. The minimum Gasteiger partial charge on any atom is -0.478 e. The van der Waals surface area contributed by atoms with Gasteiger partial charge in [-0.2, -0.15) is 0 Å². The van der Waals surface area contributed by atoms with E-state index in [0.29, 0.717) is 6.20 Å². The Bertz CT molecular complexity index is 477. The van der Waals surface area contributed by atoms with Gasteiger partial charge in [-0.25, -0.2) is 4.79 Å². The number of carboxylic acids is 1. The zero-order chi connectivity index (χ0) is 12.5. The highest BCUT2D eigenvalue weighted by Gasteiger charge is 2.33. The Labute approximate surface area is 86.5 Å². The van der Waals surface area contributed by atoms with Crippen molar-refractivity contribution >= 4 is 5.97 Å². The number of H-pyrrole nitrogens is 1. The highest BCUT2D eigenvalue weighted by atomic mass is 19.4. The van der Waals surface area contributed by atoms with Crippen molar-refractivity contribution in [3.05, 3.63) is 27.7 Å². The van der Waals surface area contributed by atoms with Crippen LogP contribution in [0.3, 0.4) is 0 Å². The molecule has 1 aromatic rings. The second-order valence-corrected chi connectivity index (χ2v) is 2.84. The average Bonchev–Trinajstić information content (AvgIpc) is 2.08. The number of aromatic amines is 1. The van der Waals surface area contributed by atoms with Gasteiger partial charge in [0.2, 0.25) is 0 Å². The molecule has 1 heterocycles. The first-order valence-electron chi connectivity index (χ1n) is 3.93. The molecule has 0 aliphatic carbocycles. The van der Waals surface area contributed by atoms with Crippen LogP contribution in [0.4, 0.5) is 13.2 Å². The van der Waals surface area contributed by atoms with E-state index in [0.717, 1.165) is 6.92 Å². The first-order chi connectivity index (χ1) is 7.22. The van der Waals surface area contributed by atoms with Crippen LogP contribution in [-0.4, -0.2) is 22.4 Å². The van der Waals surface area contributed by atoms with E-state index in [-0.39, 0.29) is 5.56 Å². The fourth-order valence-electron chi connectivity index (χ4n) is 1.08. The highest BCUT2D eigenvalue weighted by molar-refractivity contribution is 5.92. The molecule has 0 atom stereocenters. The standard InChI is InChI=1S/C8H6F3NO4/c1-3-5(7(14)15)4(2-12-6(3)13)16-8(9,10)11/h2H,1H3,(H,12,13)(H,14,15). The zero-order valence-corrected chi connectivity index (χ0v) is 7.88. The van der Waals surface area contributed by atoms with Crippen LogP contribution in [0.2, 0.25) is 0 Å². The summed E-state index contributed by atoms with van der Waals surface area (Å²) in [6.07, 6.45) is -4.46. The summed E-state index contributed by atoms with van der Waals surface area (Å²) in [6.45, 7) is 1.09. The van der Waals surface area contributed by atoms with Gasteiger partial charge in [0.05, 0.1) is 0 Å². The number of halogens is 3. The van der Waals surface area contributed by atoms with Gasteiger partial charge in [0.1, 0.15) is 5.56 Å². The Kier molecular flexibility index (Phi) is 2.92. The number of ether oxygens (including phenoxy) is 1. The van der Waals surface area contributed by atoms with Crippen LogP contribution >= 0.6 is 0 Å². The summed E-state index contributed by atoms with van der Waals surface area (Å²) in [5.74, 6) is -2.61. The minimum absolute atomic E-state index is 0.353. The van der Waals surface area contributed by atoms with Gasteiger partial charge in [-0.05, 0) is 6.92 Å². The van der Waals surface area contributed by atoms with Crippen molar-refractivity contribution in [3.8, 4) is 5.75 Å². The summed E-state index contributed by atoms with van der Waals surface area (Å²) < 4.78 is 39.2. The number of hydrogen-bond acceptors (Lipinski definition) is 3. The second-order valence-electron chi connectivity index (χ2n) is 2.84. The third kappa shape index (κ3) is 2.53. The van der Waals surface area contributed by atoms with Gasteiger partial charge in [0.15, 0.2) is 5.75 Å². The van der Waals surface area contributed by atoms with E-state index in [9.17, 15) is 22.8 Å². The van der Waals surface area contributed by atoms with Crippen LogP contribution < -0.4 is 10.3 Å². The number of aromatic nitrogens is 1. The van der Waals surface area contributed by atoms with E-state index in [2.05, 4.69) is 4.74 Å². The molecule has 16 heavy (non-hydrogen) atoms. The summed E-state index contributed by atoms with van der Waals surface area (Å²) in [5, 5.41) is 8.67. The van der Waals surface area contributed by atoms with Crippen LogP contribution in [0.5, 0.6) is 5.75 Å². The summed E-state index contributed by atoms with van der Waals surface area (Å²) in [6, 6.07) is 0. The Balaban J connectivity index is 3.35. The largest absolute Gasteiger partial charge is 0.573 e. The topological polar surface area (TPSA) is 79.4 Å². The molecule has 0 aromatic carbocycles. The molecule has 0 bridgehead atoms. The highest BCUT2D eigenvalue weighted by Crippen LogP contribution is 2.26. The molecule has 1 rings (SSSR count). The molecule has 88 valence electrons. The van der Waals surface area contributed by atoms with E-state index in [1.165, 1.54) is 0 Å². The molecule has 0 saturated carbocycles. The number of carboxylic acid groups (broad SMARTS) is 1. The third-order valence-corrected chi connectivity index (χ3v) is 1.74. The lowest BCUT2D eigenvalue weighted by molar-refractivity contribution is -0.274. The van der Waals surface area contributed by atoms with Gasteiger partial charge in [-0.15, -0.1) is 13.2 Å². The number of pyridine rings is 1. The van der Waals surface area contributed by atoms with Crippen LogP contribution in [-0.2, 0) is 0 Å². The van der Waals surface area contributed by atoms with Crippen LogP contribution in [0.25, 0.3) is 0 Å². The van der Waals surface area contributed by atoms with Crippen molar-refractivity contribution in [1.29, 1.82) is 0 Å². The third-order valence-electron chi connectivity index (χ3n) is 1.74. The monoisotopic (exact) mass is 237 g/mol. The maximum Gasteiger partial charge on any atom is 0.573 e. The van der Waals surface area contributed by atoms with Gasteiger partial charge in [-0.3, -0.25) is 4.79 Å². The Hall–Kier alpha value is -1.99. The normalized spacial score (nSPS) is 11.2. The first-order valence-corrected chi connectivity index (χ1v) is 3.93. The molecule has 2 N–H and O–H groups in total. The molecular formula is C8H6F3NO4. The fraction of sp³-hybridized carbons (Fsp3) is 0.250. The molecule has 0 aliphatic heterocycles. The average molecular weight is 237 g/mol. The Morgan fingerprint density at radius 2 is 2.06 bits per heavy atom. The van der Waals surface area contributed by atoms with E-state index in [1.807, 2.05) is 4.98 Å². The van der Waals surface area contributed by atoms with Gasteiger partial charge >= 0.3 is 12.3 Å². The van der Waals surface area contributed by atoms with Crippen molar-refractivity contribution < 1.29 is 27.8 Å². The lowest BCUT2D eigenvalue weighted by Gasteiger charge is -2.11. The lowest BCUT2D eigenvalue weighted by atomic mass is 10.1. The minimum atomic E-state index is -5.02. The van der Waals surface area contributed by atoms with Crippen molar-refractivity contribution in [2.75, 3.05) is 0 Å². The molecule has 0 radical (unpaired) electrons. The maximum absolute atomic E-state index is 11.9. The Morgan fingerprint density at radius 3 is 2.50 bits per heavy atom. The summed E-state index contributed by atoms with van der Waals surface area (Å²) >= 11 is 0. The van der Waals surface area contributed by atoms with Crippen molar-refractivity contribution in [2.45, 2.75) is 13.3 Å². The first kappa shape index (κ1) is 12.1. The second kappa shape index (κ2) is 3.87. The van der Waals surface area contributed by atoms with E-state index < -0.39 is 29.2 Å². The molecule has 5 nitrogen and oxygen atoms in total. The van der Waals surface area contributed by atoms with Gasteiger partial charge in [0.25, 0.3) is 5.56 Å². The van der Waals surface area contributed by atoms with Crippen molar-refractivity contribution in [1.82, 2.24) is 4.98 Å². The van der Waals surface area contributed by atoms with Crippen LogP contribution in [0.1, 0.15) is 15.9 Å². The van der Waals surface area contributed by atoms with Gasteiger partial charge < -0.3 is 14.8 Å². The number of alkyl halides is 3. The molecule has 0 saturated heterocycles. The Morgan fingerprint density at radius 1 is 1.50 bits per heavy atom. The molecule has 0 spiro atoms. The number of aromatic carboxylic acids is 1. The molecular weight excluding hydrogens is 231 g/mol. The predicted octanol–water partition coefficient (Wildman–Crippen LogP) is 1.28. The molecule has 8 heteroatoms. The number of hydrogen-bond donors (Lipinski definition) is 2. The summed E-state index contributed by atoms with van der Waals surface area (Å²) in [4.78, 5) is 23.6. The van der Waals surface area contributed by atoms with Gasteiger partial charge in [0, 0.05) is 11.8 Å². The van der Waals surface area contributed by atoms with Crippen LogP contribution in [0.15, 0.2) is 11.0 Å². The molecule has 0 aliphatic rings. The molecule has 0 amide bonds. The van der Waals surface area contributed by atoms with Gasteiger partial charge in [-0.1, -0.05) is 0 Å². The number of carbonyl (C=O) groups is 1. The van der Waals surface area contributed by atoms with E-state index >= 15 is 0 Å². The molecule has 0 fully saturated rings. The summed E-state index contributed by atoms with van der Waals surface area (Å²) in [7, 11) is 0. The quantitative estimate of drug-likeness (QED) is 0.811. The van der Waals surface area contributed by atoms with E-state index in [4.69, 9.17) is 5.11 Å².